The number of piperazine rings is 1. The first-order valence-electron chi connectivity index (χ1n) is 6.63. The fourth-order valence-electron chi connectivity index (χ4n) is 2.12. The highest BCUT2D eigenvalue weighted by Crippen LogP contribution is 2.37. The van der Waals surface area contributed by atoms with Crippen molar-refractivity contribution in [2.24, 2.45) is 0 Å². The highest BCUT2D eigenvalue weighted by atomic mass is 79.9. The van der Waals surface area contributed by atoms with Gasteiger partial charge >= 0.3 is 0 Å². The van der Waals surface area contributed by atoms with Gasteiger partial charge in [0.1, 0.15) is 0 Å². The maximum absolute atomic E-state index is 12.5. The normalized spacial score (nSPS) is 14.6. The van der Waals surface area contributed by atoms with E-state index in [2.05, 4.69) is 21.2 Å². The number of carbonyl (C=O) groups excluding carboxylic acids is 2. The molecule has 1 aliphatic rings. The van der Waals surface area contributed by atoms with Crippen LogP contribution in [0.2, 0.25) is 0 Å². The fourth-order valence-corrected chi connectivity index (χ4v) is 2.68. The molecule has 2 rings (SSSR count). The molecule has 21 heavy (non-hydrogen) atoms. The van der Waals surface area contributed by atoms with Crippen LogP contribution >= 0.6 is 15.9 Å². The van der Waals surface area contributed by atoms with E-state index < -0.39 is 0 Å². The number of hydrogen-bond donors (Lipinski definition) is 1. The molecule has 1 aromatic carbocycles. The lowest BCUT2D eigenvalue weighted by molar-refractivity contribution is -0.123. The largest absolute Gasteiger partial charge is 0.493 e. The van der Waals surface area contributed by atoms with Gasteiger partial charge in [-0.3, -0.25) is 9.59 Å². The summed E-state index contributed by atoms with van der Waals surface area (Å²) in [5, 5.41) is 2.69. The molecule has 0 radical (unpaired) electrons. The first kappa shape index (κ1) is 15.6. The van der Waals surface area contributed by atoms with Crippen LogP contribution in [0.15, 0.2) is 16.6 Å². The van der Waals surface area contributed by atoms with Gasteiger partial charge in [-0.05, 0) is 35.0 Å². The third-order valence-corrected chi connectivity index (χ3v) is 3.68. The molecule has 1 N–H and O–H groups in total. The fraction of sp³-hybridized carbons (Fsp3) is 0.429. The predicted octanol–water partition coefficient (Wildman–Crippen LogP) is 1.43. The number of rotatable bonds is 4. The molecule has 0 bridgehead atoms. The summed E-state index contributed by atoms with van der Waals surface area (Å²) in [5.74, 6) is 0.697. The van der Waals surface area contributed by atoms with Crippen molar-refractivity contribution >= 4 is 27.7 Å². The highest BCUT2D eigenvalue weighted by molar-refractivity contribution is 9.10. The van der Waals surface area contributed by atoms with Crippen LogP contribution in [-0.4, -0.2) is 50.1 Å². The van der Waals surface area contributed by atoms with E-state index in [1.54, 1.807) is 12.1 Å². The molecule has 114 valence electrons. The van der Waals surface area contributed by atoms with Crippen molar-refractivity contribution in [1.82, 2.24) is 10.2 Å². The third-order valence-electron chi connectivity index (χ3n) is 3.09. The lowest BCUT2D eigenvalue weighted by Crippen LogP contribution is -2.49. The predicted molar refractivity (Wildman–Crippen MR) is 80.8 cm³/mol. The molecule has 0 atom stereocenters. The molecule has 7 heteroatoms. The topological polar surface area (TPSA) is 67.9 Å². The summed E-state index contributed by atoms with van der Waals surface area (Å²) in [6.45, 7) is 3.41. The van der Waals surface area contributed by atoms with E-state index in [9.17, 15) is 9.59 Å². The van der Waals surface area contributed by atoms with Crippen LogP contribution in [0.4, 0.5) is 0 Å². The van der Waals surface area contributed by atoms with E-state index in [-0.39, 0.29) is 18.4 Å². The van der Waals surface area contributed by atoms with Crippen molar-refractivity contribution in [3.05, 3.63) is 22.2 Å². The molecule has 1 aliphatic heterocycles. The molecule has 0 unspecified atom stereocenters. The van der Waals surface area contributed by atoms with Gasteiger partial charge in [0.2, 0.25) is 5.91 Å². The summed E-state index contributed by atoms with van der Waals surface area (Å²) in [4.78, 5) is 25.4. The Hall–Kier alpha value is -1.76. The van der Waals surface area contributed by atoms with E-state index >= 15 is 0 Å². The summed E-state index contributed by atoms with van der Waals surface area (Å²) < 4.78 is 11.4. The molecule has 0 spiro atoms. The Bertz CT molecular complexity index is 562. The summed E-state index contributed by atoms with van der Waals surface area (Å²) in [6.07, 6.45) is 0. The zero-order valence-electron chi connectivity index (χ0n) is 11.9. The maximum Gasteiger partial charge on any atom is 0.254 e. The van der Waals surface area contributed by atoms with Crippen LogP contribution in [0.5, 0.6) is 11.5 Å². The Kier molecular flexibility index (Phi) is 5.06. The van der Waals surface area contributed by atoms with Crippen LogP contribution in [0.3, 0.4) is 0 Å². The number of methoxy groups -OCH3 is 1. The van der Waals surface area contributed by atoms with Crippen molar-refractivity contribution in [2.75, 3.05) is 33.4 Å². The highest BCUT2D eigenvalue weighted by Gasteiger charge is 2.24. The molecule has 1 heterocycles. The number of nitrogens with zero attached hydrogens (tertiary/aromatic N) is 1. The van der Waals surface area contributed by atoms with Crippen LogP contribution in [-0.2, 0) is 4.79 Å². The van der Waals surface area contributed by atoms with E-state index in [4.69, 9.17) is 9.47 Å². The van der Waals surface area contributed by atoms with Gasteiger partial charge in [-0.2, -0.15) is 0 Å². The van der Waals surface area contributed by atoms with E-state index in [1.165, 1.54) is 12.0 Å². The Morgan fingerprint density at radius 1 is 1.48 bits per heavy atom. The molecule has 1 saturated heterocycles. The number of carbonyl (C=O) groups is 2. The Balaban J connectivity index is 2.29. The van der Waals surface area contributed by atoms with Gasteiger partial charge in [0.05, 0.1) is 24.7 Å². The molecule has 1 aromatic rings. The SMILES string of the molecule is CCOc1c(Br)cc(C(=O)N2CCNC(=O)C2)cc1OC. The third kappa shape index (κ3) is 3.47. The zero-order valence-corrected chi connectivity index (χ0v) is 13.5. The van der Waals surface area contributed by atoms with Gasteiger partial charge in [0.25, 0.3) is 5.91 Å². The van der Waals surface area contributed by atoms with Gasteiger partial charge < -0.3 is 19.7 Å². The Labute approximate surface area is 131 Å². The molecular formula is C14H17BrN2O4. The monoisotopic (exact) mass is 356 g/mol. The minimum Gasteiger partial charge on any atom is -0.493 e. The number of amides is 2. The second kappa shape index (κ2) is 6.80. The summed E-state index contributed by atoms with van der Waals surface area (Å²) >= 11 is 3.39. The summed E-state index contributed by atoms with van der Waals surface area (Å²) in [5.41, 5.74) is 0.455. The molecule has 0 aliphatic carbocycles. The first-order valence-corrected chi connectivity index (χ1v) is 7.42. The van der Waals surface area contributed by atoms with Crippen molar-refractivity contribution in [2.45, 2.75) is 6.92 Å². The standard InChI is InChI=1S/C14H17BrN2O4/c1-3-21-13-10(15)6-9(7-11(13)20-2)14(19)17-5-4-16-12(18)8-17/h6-7H,3-5,8H2,1-2H3,(H,16,18). The maximum atomic E-state index is 12.5. The molecule has 6 nitrogen and oxygen atoms in total. The molecule has 0 saturated carbocycles. The lowest BCUT2D eigenvalue weighted by atomic mass is 10.1. The van der Waals surface area contributed by atoms with E-state index in [0.29, 0.717) is 41.2 Å². The van der Waals surface area contributed by atoms with Crippen molar-refractivity contribution in [3.8, 4) is 11.5 Å². The Morgan fingerprint density at radius 2 is 2.24 bits per heavy atom. The first-order chi connectivity index (χ1) is 10.1. The van der Waals surface area contributed by atoms with E-state index in [0.717, 1.165) is 0 Å². The van der Waals surface area contributed by atoms with Crippen LogP contribution in [0, 0.1) is 0 Å². The second-order valence-electron chi connectivity index (χ2n) is 4.50. The van der Waals surface area contributed by atoms with Crippen molar-refractivity contribution in [3.63, 3.8) is 0 Å². The molecule has 1 fully saturated rings. The van der Waals surface area contributed by atoms with E-state index in [1.807, 2.05) is 6.92 Å². The van der Waals surface area contributed by atoms with Gasteiger partial charge in [-0.15, -0.1) is 0 Å². The van der Waals surface area contributed by atoms with Gasteiger partial charge in [-0.1, -0.05) is 0 Å². The minimum absolute atomic E-state index is 0.0754. The quantitative estimate of drug-likeness (QED) is 0.885. The van der Waals surface area contributed by atoms with Gasteiger partial charge in [0.15, 0.2) is 11.5 Å². The van der Waals surface area contributed by atoms with Crippen molar-refractivity contribution < 1.29 is 19.1 Å². The molecule has 2 amide bonds. The van der Waals surface area contributed by atoms with Crippen LogP contribution < -0.4 is 14.8 Å². The Morgan fingerprint density at radius 3 is 2.86 bits per heavy atom. The molecular weight excluding hydrogens is 340 g/mol. The smallest absolute Gasteiger partial charge is 0.254 e. The minimum atomic E-state index is -0.202. The summed E-state index contributed by atoms with van der Waals surface area (Å²) in [6, 6.07) is 3.31. The average Bonchev–Trinajstić information content (AvgIpc) is 2.48. The number of benzene rings is 1. The van der Waals surface area contributed by atoms with Crippen LogP contribution in [0.25, 0.3) is 0 Å². The number of ether oxygens (including phenoxy) is 2. The van der Waals surface area contributed by atoms with Gasteiger partial charge in [-0.25, -0.2) is 0 Å². The van der Waals surface area contributed by atoms with Gasteiger partial charge in [0, 0.05) is 18.7 Å². The second-order valence-corrected chi connectivity index (χ2v) is 5.35. The van der Waals surface area contributed by atoms with Crippen molar-refractivity contribution in [1.29, 1.82) is 0 Å². The average molecular weight is 357 g/mol. The number of hydrogen-bond acceptors (Lipinski definition) is 4. The molecule has 0 aromatic heterocycles. The number of nitrogens with one attached hydrogen (secondary N) is 1. The zero-order chi connectivity index (χ0) is 15.4. The number of halogens is 1. The van der Waals surface area contributed by atoms with Crippen LogP contribution in [0.1, 0.15) is 17.3 Å². The summed E-state index contributed by atoms with van der Waals surface area (Å²) in [7, 11) is 1.52. The lowest BCUT2D eigenvalue weighted by Gasteiger charge is -2.27.